The zero-order valence-electron chi connectivity index (χ0n) is 11.2. The van der Waals surface area contributed by atoms with E-state index >= 15 is 0 Å². The Hall–Kier alpha value is -0.230. The minimum absolute atomic E-state index is 0.0342. The number of nitrogens with zero attached hydrogens (tertiary/aromatic N) is 2. The summed E-state index contributed by atoms with van der Waals surface area (Å²) in [6.07, 6.45) is 0. The van der Waals surface area contributed by atoms with Gasteiger partial charge in [0.05, 0.1) is 17.2 Å². The van der Waals surface area contributed by atoms with Gasteiger partial charge in [0.25, 0.3) is 0 Å². The van der Waals surface area contributed by atoms with E-state index in [0.29, 0.717) is 4.99 Å². The van der Waals surface area contributed by atoms with Crippen LogP contribution in [0.1, 0.15) is 20.8 Å². The van der Waals surface area contributed by atoms with Gasteiger partial charge in [-0.25, -0.2) is 0 Å². The Morgan fingerprint density at radius 1 is 1.18 bits per heavy atom. The molecule has 0 unspecified atom stereocenters. The molecule has 0 bridgehead atoms. The molecule has 1 aliphatic heterocycles. The van der Waals surface area contributed by atoms with Gasteiger partial charge in [-0.05, 0) is 20.8 Å². The van der Waals surface area contributed by atoms with Crippen molar-refractivity contribution >= 4 is 17.2 Å². The average molecular weight is 259 g/mol. The van der Waals surface area contributed by atoms with Gasteiger partial charge in [0.2, 0.25) is 0 Å². The number of rotatable bonds is 5. The molecule has 2 N–H and O–H groups in total. The topological polar surface area (TPSA) is 41.7 Å². The molecule has 0 spiro atoms. The van der Waals surface area contributed by atoms with Crippen LogP contribution >= 0.6 is 12.2 Å². The van der Waals surface area contributed by atoms with E-state index in [2.05, 4.69) is 30.6 Å². The number of ether oxygens (including phenoxy) is 1. The van der Waals surface area contributed by atoms with Gasteiger partial charge in [0, 0.05) is 39.3 Å². The van der Waals surface area contributed by atoms with Crippen molar-refractivity contribution < 1.29 is 4.74 Å². The molecular weight excluding hydrogens is 234 g/mol. The number of nitrogens with two attached hydrogens (primary N) is 1. The molecule has 5 heteroatoms. The zero-order valence-corrected chi connectivity index (χ0v) is 12.1. The minimum Gasteiger partial charge on any atom is -0.392 e. The molecule has 0 saturated carbocycles. The predicted octanol–water partition coefficient (Wildman–Crippen LogP) is 0.705. The Labute approximate surface area is 110 Å². The molecule has 1 saturated heterocycles. The molecule has 0 aliphatic carbocycles. The van der Waals surface area contributed by atoms with Gasteiger partial charge in [0.1, 0.15) is 0 Å². The SMILES string of the molecule is CC(C)(C)OCCN1CCN(CC(N)=S)CC1. The lowest BCUT2D eigenvalue weighted by Gasteiger charge is -2.34. The number of piperazine rings is 1. The van der Waals surface area contributed by atoms with Crippen molar-refractivity contribution in [3.8, 4) is 0 Å². The maximum atomic E-state index is 5.73. The molecule has 0 aromatic carbocycles. The van der Waals surface area contributed by atoms with E-state index in [4.69, 9.17) is 22.7 Å². The molecule has 1 fully saturated rings. The van der Waals surface area contributed by atoms with Crippen molar-refractivity contribution in [3.63, 3.8) is 0 Å². The first-order chi connectivity index (χ1) is 7.87. The fraction of sp³-hybridized carbons (Fsp3) is 0.917. The summed E-state index contributed by atoms with van der Waals surface area (Å²) < 4.78 is 5.73. The molecule has 1 aliphatic rings. The molecule has 0 aromatic rings. The van der Waals surface area contributed by atoms with Crippen LogP contribution in [-0.4, -0.2) is 66.3 Å². The minimum atomic E-state index is -0.0342. The highest BCUT2D eigenvalue weighted by molar-refractivity contribution is 7.80. The Kier molecular flexibility index (Phi) is 5.79. The molecule has 0 radical (unpaired) electrons. The van der Waals surface area contributed by atoms with Crippen LogP contribution in [0.2, 0.25) is 0 Å². The largest absolute Gasteiger partial charge is 0.392 e. The first-order valence-corrected chi connectivity index (χ1v) is 6.64. The first kappa shape index (κ1) is 14.8. The second kappa shape index (κ2) is 6.64. The third-order valence-corrected chi connectivity index (χ3v) is 2.92. The Balaban J connectivity index is 2.13. The normalized spacial score (nSPS) is 19.5. The van der Waals surface area contributed by atoms with Crippen molar-refractivity contribution in [1.29, 1.82) is 0 Å². The lowest BCUT2D eigenvalue weighted by Crippen LogP contribution is -2.49. The molecule has 0 aromatic heterocycles. The van der Waals surface area contributed by atoms with Gasteiger partial charge >= 0.3 is 0 Å². The van der Waals surface area contributed by atoms with E-state index in [9.17, 15) is 0 Å². The maximum Gasteiger partial charge on any atom is 0.0870 e. The highest BCUT2D eigenvalue weighted by Crippen LogP contribution is 2.07. The number of hydrogen-bond acceptors (Lipinski definition) is 4. The molecule has 1 rings (SSSR count). The summed E-state index contributed by atoms with van der Waals surface area (Å²) in [7, 11) is 0. The van der Waals surface area contributed by atoms with E-state index in [-0.39, 0.29) is 5.60 Å². The zero-order chi connectivity index (χ0) is 12.9. The van der Waals surface area contributed by atoms with Gasteiger partial charge < -0.3 is 10.5 Å². The van der Waals surface area contributed by atoms with E-state index in [1.807, 2.05) is 0 Å². The van der Waals surface area contributed by atoms with Crippen molar-refractivity contribution in [2.45, 2.75) is 26.4 Å². The third-order valence-electron chi connectivity index (χ3n) is 2.79. The second-order valence-corrected chi connectivity index (χ2v) is 6.07. The third kappa shape index (κ3) is 6.93. The van der Waals surface area contributed by atoms with E-state index in [1.54, 1.807) is 0 Å². The van der Waals surface area contributed by atoms with Gasteiger partial charge in [-0.15, -0.1) is 0 Å². The summed E-state index contributed by atoms with van der Waals surface area (Å²) >= 11 is 4.92. The average Bonchev–Trinajstić information content (AvgIpc) is 2.18. The van der Waals surface area contributed by atoms with Crippen LogP contribution in [0.3, 0.4) is 0 Å². The maximum absolute atomic E-state index is 5.73. The predicted molar refractivity (Wildman–Crippen MR) is 75.4 cm³/mol. The van der Waals surface area contributed by atoms with Gasteiger partial charge in [-0.2, -0.15) is 0 Å². The van der Waals surface area contributed by atoms with E-state index in [0.717, 1.165) is 45.9 Å². The van der Waals surface area contributed by atoms with Crippen molar-refractivity contribution in [2.75, 3.05) is 45.9 Å². The standard InChI is InChI=1S/C12H25N3OS/c1-12(2,3)16-9-8-14-4-6-15(7-5-14)10-11(13)17/h4-10H2,1-3H3,(H2,13,17). The lowest BCUT2D eigenvalue weighted by molar-refractivity contribution is -0.0173. The summed E-state index contributed by atoms with van der Waals surface area (Å²) in [4.78, 5) is 5.33. The van der Waals surface area contributed by atoms with Crippen LogP contribution < -0.4 is 5.73 Å². The molecule has 0 amide bonds. The monoisotopic (exact) mass is 259 g/mol. The van der Waals surface area contributed by atoms with E-state index < -0.39 is 0 Å². The highest BCUT2D eigenvalue weighted by Gasteiger charge is 2.17. The van der Waals surface area contributed by atoms with Crippen molar-refractivity contribution in [2.24, 2.45) is 5.73 Å². The number of hydrogen-bond donors (Lipinski definition) is 1. The van der Waals surface area contributed by atoms with Crippen LogP contribution in [0.4, 0.5) is 0 Å². The van der Waals surface area contributed by atoms with Gasteiger partial charge in [0.15, 0.2) is 0 Å². The van der Waals surface area contributed by atoms with Crippen LogP contribution in [0.25, 0.3) is 0 Å². The van der Waals surface area contributed by atoms with Gasteiger partial charge in [-0.1, -0.05) is 12.2 Å². The fourth-order valence-corrected chi connectivity index (χ4v) is 2.05. The second-order valence-electron chi connectivity index (χ2n) is 5.54. The van der Waals surface area contributed by atoms with Gasteiger partial charge in [-0.3, -0.25) is 9.80 Å². The summed E-state index contributed by atoms with van der Waals surface area (Å²) in [6, 6.07) is 0. The summed E-state index contributed by atoms with van der Waals surface area (Å²) in [5.41, 5.74) is 5.51. The molecule has 0 atom stereocenters. The quantitative estimate of drug-likeness (QED) is 0.736. The number of thiocarbonyl (C=S) groups is 1. The molecule has 100 valence electrons. The van der Waals surface area contributed by atoms with Crippen LogP contribution in [0, 0.1) is 0 Å². The molecule has 1 heterocycles. The summed E-state index contributed by atoms with van der Waals surface area (Å²) in [5.74, 6) is 0. The smallest absolute Gasteiger partial charge is 0.0870 e. The fourth-order valence-electron chi connectivity index (χ4n) is 1.87. The Morgan fingerprint density at radius 3 is 2.18 bits per heavy atom. The Bertz CT molecular complexity index is 245. The Morgan fingerprint density at radius 2 is 1.71 bits per heavy atom. The molecule has 17 heavy (non-hydrogen) atoms. The van der Waals surface area contributed by atoms with Crippen molar-refractivity contribution in [1.82, 2.24) is 9.80 Å². The van der Waals surface area contributed by atoms with Crippen LogP contribution in [0.5, 0.6) is 0 Å². The van der Waals surface area contributed by atoms with E-state index in [1.165, 1.54) is 0 Å². The van der Waals surface area contributed by atoms with Crippen LogP contribution in [-0.2, 0) is 4.74 Å². The lowest BCUT2D eigenvalue weighted by atomic mass is 10.2. The first-order valence-electron chi connectivity index (χ1n) is 6.24. The van der Waals surface area contributed by atoms with Crippen molar-refractivity contribution in [3.05, 3.63) is 0 Å². The molecular formula is C12H25N3OS. The summed E-state index contributed by atoms with van der Waals surface area (Å²) in [6.45, 7) is 13.1. The molecule has 4 nitrogen and oxygen atoms in total. The summed E-state index contributed by atoms with van der Waals surface area (Å²) in [5, 5.41) is 0. The van der Waals surface area contributed by atoms with Crippen LogP contribution in [0.15, 0.2) is 0 Å². The highest BCUT2D eigenvalue weighted by atomic mass is 32.1.